The number of ketones is 1. The number of rotatable bonds is 5. The molecular formula is C21H20N4O4. The SMILES string of the molecule is Cc1cc(-n2c(C)cc(C(=O)CN3C(=O)CN(c4ccccc4)C3=O)c2C)no1. The molecule has 2 aromatic heterocycles. The molecule has 148 valence electrons. The molecule has 4 rings (SSSR count). The monoisotopic (exact) mass is 392 g/mol. The Bertz CT molecular complexity index is 1110. The van der Waals surface area contributed by atoms with Gasteiger partial charge in [0.15, 0.2) is 11.6 Å². The van der Waals surface area contributed by atoms with E-state index in [4.69, 9.17) is 4.52 Å². The van der Waals surface area contributed by atoms with Gasteiger partial charge in [0, 0.05) is 28.7 Å². The fourth-order valence-corrected chi connectivity index (χ4v) is 3.59. The Hall–Kier alpha value is -3.68. The molecule has 0 radical (unpaired) electrons. The highest BCUT2D eigenvalue weighted by Gasteiger charge is 2.38. The highest BCUT2D eigenvalue weighted by molar-refractivity contribution is 6.15. The molecule has 0 saturated carbocycles. The number of carbonyl (C=O) groups excluding carboxylic acids is 3. The van der Waals surface area contributed by atoms with Crippen LogP contribution in [0.2, 0.25) is 0 Å². The Morgan fingerprint density at radius 3 is 2.48 bits per heavy atom. The topological polar surface area (TPSA) is 88.7 Å². The fraction of sp³-hybridized carbons (Fsp3) is 0.238. The molecule has 1 fully saturated rings. The normalized spacial score (nSPS) is 14.2. The summed E-state index contributed by atoms with van der Waals surface area (Å²) >= 11 is 0. The Kier molecular flexibility index (Phi) is 4.54. The van der Waals surface area contributed by atoms with Gasteiger partial charge in [0.25, 0.3) is 5.91 Å². The zero-order chi connectivity index (χ0) is 20.7. The van der Waals surface area contributed by atoms with Gasteiger partial charge in [-0.15, -0.1) is 0 Å². The summed E-state index contributed by atoms with van der Waals surface area (Å²) in [5.74, 6) is 0.545. The van der Waals surface area contributed by atoms with E-state index in [2.05, 4.69) is 5.16 Å². The molecule has 0 unspecified atom stereocenters. The number of amides is 3. The lowest BCUT2D eigenvalue weighted by molar-refractivity contribution is -0.124. The third kappa shape index (κ3) is 3.22. The molecule has 29 heavy (non-hydrogen) atoms. The molecule has 1 saturated heterocycles. The van der Waals surface area contributed by atoms with Crippen molar-refractivity contribution >= 4 is 23.4 Å². The van der Waals surface area contributed by atoms with Crippen LogP contribution in [0.3, 0.4) is 0 Å². The molecule has 8 heteroatoms. The Morgan fingerprint density at radius 2 is 1.83 bits per heavy atom. The first kappa shape index (κ1) is 18.7. The van der Waals surface area contributed by atoms with Gasteiger partial charge in [0.2, 0.25) is 0 Å². The van der Waals surface area contributed by atoms with Crippen molar-refractivity contribution in [1.82, 2.24) is 14.6 Å². The number of aryl methyl sites for hydroxylation is 2. The van der Waals surface area contributed by atoms with Crippen molar-refractivity contribution in [3.8, 4) is 5.82 Å². The summed E-state index contributed by atoms with van der Waals surface area (Å²) in [6.45, 7) is 5.07. The van der Waals surface area contributed by atoms with E-state index in [1.54, 1.807) is 50.2 Å². The van der Waals surface area contributed by atoms with Gasteiger partial charge in [-0.05, 0) is 39.0 Å². The Labute approximate surface area is 167 Å². The van der Waals surface area contributed by atoms with Crippen molar-refractivity contribution in [2.24, 2.45) is 0 Å². The van der Waals surface area contributed by atoms with Crippen LogP contribution in [-0.4, -0.2) is 45.4 Å². The molecule has 3 heterocycles. The standard InChI is InChI=1S/C21H20N4O4/c1-13-9-17(15(3)25(13)19-10-14(2)29-22-19)18(26)11-24-20(27)12-23(21(24)28)16-7-5-4-6-8-16/h4-10H,11-12H2,1-3H3. The van der Waals surface area contributed by atoms with Crippen LogP contribution in [0.25, 0.3) is 5.82 Å². The second-order valence-corrected chi connectivity index (χ2v) is 7.02. The van der Waals surface area contributed by atoms with Gasteiger partial charge < -0.3 is 4.52 Å². The van der Waals surface area contributed by atoms with Gasteiger partial charge in [0.1, 0.15) is 12.3 Å². The number of Topliss-reactive ketones (excluding diaryl/α,β-unsaturated/α-hetero) is 1. The van der Waals surface area contributed by atoms with Crippen molar-refractivity contribution in [3.63, 3.8) is 0 Å². The van der Waals surface area contributed by atoms with E-state index < -0.39 is 11.9 Å². The van der Waals surface area contributed by atoms with Crippen LogP contribution in [0.15, 0.2) is 47.0 Å². The molecule has 0 atom stereocenters. The van der Waals surface area contributed by atoms with E-state index in [0.717, 1.165) is 10.6 Å². The minimum absolute atomic E-state index is 0.0760. The highest BCUT2D eigenvalue weighted by atomic mass is 16.5. The molecule has 3 amide bonds. The number of urea groups is 1. The van der Waals surface area contributed by atoms with Crippen LogP contribution < -0.4 is 4.90 Å². The lowest BCUT2D eigenvalue weighted by Gasteiger charge is -2.16. The van der Waals surface area contributed by atoms with E-state index in [0.29, 0.717) is 28.5 Å². The van der Waals surface area contributed by atoms with Crippen molar-refractivity contribution < 1.29 is 18.9 Å². The van der Waals surface area contributed by atoms with Crippen LogP contribution >= 0.6 is 0 Å². The highest BCUT2D eigenvalue weighted by Crippen LogP contribution is 2.24. The maximum Gasteiger partial charge on any atom is 0.332 e. The van der Waals surface area contributed by atoms with Crippen molar-refractivity contribution in [1.29, 1.82) is 0 Å². The van der Waals surface area contributed by atoms with E-state index in [9.17, 15) is 14.4 Å². The predicted octanol–water partition coefficient (Wildman–Crippen LogP) is 3.04. The lowest BCUT2D eigenvalue weighted by atomic mass is 10.1. The number of benzene rings is 1. The number of hydrogen-bond donors (Lipinski definition) is 0. The van der Waals surface area contributed by atoms with E-state index in [1.165, 1.54) is 4.90 Å². The third-order valence-corrected chi connectivity index (χ3v) is 5.00. The number of aromatic nitrogens is 2. The maximum atomic E-state index is 12.9. The van der Waals surface area contributed by atoms with Gasteiger partial charge in [-0.2, -0.15) is 0 Å². The van der Waals surface area contributed by atoms with Gasteiger partial charge in [-0.25, -0.2) is 4.79 Å². The molecule has 0 bridgehead atoms. The van der Waals surface area contributed by atoms with Crippen LogP contribution in [0.1, 0.15) is 27.5 Å². The number of hydrogen-bond acceptors (Lipinski definition) is 5. The third-order valence-electron chi connectivity index (χ3n) is 5.00. The first-order chi connectivity index (χ1) is 13.9. The Morgan fingerprint density at radius 1 is 1.10 bits per heavy atom. The van der Waals surface area contributed by atoms with Crippen LogP contribution in [0.4, 0.5) is 10.5 Å². The quantitative estimate of drug-likeness (QED) is 0.492. The maximum absolute atomic E-state index is 12.9. The van der Waals surface area contributed by atoms with Gasteiger partial charge in [0.05, 0.1) is 6.54 Å². The summed E-state index contributed by atoms with van der Waals surface area (Å²) in [7, 11) is 0. The van der Waals surface area contributed by atoms with E-state index in [1.807, 2.05) is 17.6 Å². The molecule has 8 nitrogen and oxygen atoms in total. The predicted molar refractivity (Wildman–Crippen MR) is 105 cm³/mol. The summed E-state index contributed by atoms with van der Waals surface area (Å²) in [4.78, 5) is 40.4. The minimum atomic E-state index is -0.490. The average molecular weight is 392 g/mol. The lowest BCUT2D eigenvalue weighted by Crippen LogP contribution is -2.37. The fourth-order valence-electron chi connectivity index (χ4n) is 3.59. The minimum Gasteiger partial charge on any atom is -0.360 e. The van der Waals surface area contributed by atoms with Crippen LogP contribution in [0.5, 0.6) is 0 Å². The largest absolute Gasteiger partial charge is 0.360 e. The molecule has 1 aliphatic heterocycles. The first-order valence-corrected chi connectivity index (χ1v) is 9.19. The van der Waals surface area contributed by atoms with Gasteiger partial charge in [-0.3, -0.25) is 24.0 Å². The smallest absolute Gasteiger partial charge is 0.332 e. The Balaban J connectivity index is 1.57. The van der Waals surface area contributed by atoms with Crippen LogP contribution in [-0.2, 0) is 4.79 Å². The number of anilines is 1. The molecular weight excluding hydrogens is 372 g/mol. The zero-order valence-electron chi connectivity index (χ0n) is 16.4. The van der Waals surface area contributed by atoms with Crippen LogP contribution in [0, 0.1) is 20.8 Å². The molecule has 3 aromatic rings. The van der Waals surface area contributed by atoms with Gasteiger partial charge in [-0.1, -0.05) is 23.4 Å². The molecule has 1 aliphatic rings. The van der Waals surface area contributed by atoms with Crippen molar-refractivity contribution in [2.45, 2.75) is 20.8 Å². The second kappa shape index (κ2) is 7.05. The number of nitrogens with zero attached hydrogens (tertiary/aromatic N) is 4. The average Bonchev–Trinajstić information content (AvgIpc) is 3.33. The summed E-state index contributed by atoms with van der Waals surface area (Å²) in [6.07, 6.45) is 0. The summed E-state index contributed by atoms with van der Waals surface area (Å²) in [5.41, 5.74) is 2.56. The van der Waals surface area contributed by atoms with E-state index in [-0.39, 0.29) is 18.9 Å². The first-order valence-electron chi connectivity index (χ1n) is 9.19. The molecule has 0 aliphatic carbocycles. The second-order valence-electron chi connectivity index (χ2n) is 7.02. The number of imide groups is 1. The summed E-state index contributed by atoms with van der Waals surface area (Å²) in [5, 5.41) is 4.00. The van der Waals surface area contributed by atoms with Crippen molar-refractivity contribution in [3.05, 3.63) is 65.2 Å². The molecule has 0 spiro atoms. The molecule has 1 aromatic carbocycles. The van der Waals surface area contributed by atoms with Gasteiger partial charge >= 0.3 is 6.03 Å². The number of para-hydroxylation sites is 1. The summed E-state index contributed by atoms with van der Waals surface area (Å²) < 4.78 is 6.94. The summed E-state index contributed by atoms with van der Waals surface area (Å²) in [6, 6.07) is 12.0. The van der Waals surface area contributed by atoms with Crippen molar-refractivity contribution in [2.75, 3.05) is 18.0 Å². The zero-order valence-corrected chi connectivity index (χ0v) is 16.4. The molecule has 0 N–H and O–H groups in total. The number of carbonyl (C=O) groups is 3. The van der Waals surface area contributed by atoms with E-state index >= 15 is 0 Å².